The number of nitrogens with one attached hydrogen (secondary N) is 2. The minimum atomic E-state index is 0.512. The maximum Gasteiger partial charge on any atom is 0.191 e. The van der Waals surface area contributed by atoms with E-state index in [1.807, 2.05) is 11.3 Å². The normalized spacial score (nSPS) is 15.9. The van der Waals surface area contributed by atoms with Crippen molar-refractivity contribution in [3.05, 3.63) is 53.4 Å². The number of anilines is 1. The Balaban J connectivity index is 1.43. The third-order valence-corrected chi connectivity index (χ3v) is 5.66. The molecule has 0 aliphatic carbocycles. The monoisotopic (exact) mass is 370 g/mol. The number of guanidine groups is 1. The van der Waals surface area contributed by atoms with E-state index in [1.54, 1.807) is 0 Å². The van der Waals surface area contributed by atoms with Crippen LogP contribution in [0.5, 0.6) is 0 Å². The molecule has 1 aliphatic heterocycles. The number of nitrogens with zero attached hydrogens (tertiary/aromatic N) is 2. The molecule has 0 atom stereocenters. The van der Waals surface area contributed by atoms with Gasteiger partial charge in [0.1, 0.15) is 0 Å². The van der Waals surface area contributed by atoms with Crippen molar-refractivity contribution in [3.8, 4) is 0 Å². The number of hydrogen-bond acceptors (Lipinski definition) is 3. The van der Waals surface area contributed by atoms with Gasteiger partial charge in [-0.1, -0.05) is 30.3 Å². The Labute approximate surface area is 161 Å². The van der Waals surface area contributed by atoms with Gasteiger partial charge >= 0.3 is 0 Å². The molecular formula is C21H30N4S. The van der Waals surface area contributed by atoms with Crippen LogP contribution in [0.25, 0.3) is 0 Å². The third-order valence-electron chi connectivity index (χ3n) is 4.73. The summed E-state index contributed by atoms with van der Waals surface area (Å²) in [4.78, 5) is 7.27. The van der Waals surface area contributed by atoms with Gasteiger partial charge in [0.25, 0.3) is 0 Å². The summed E-state index contributed by atoms with van der Waals surface area (Å²) in [6.07, 6.45) is 4.49. The lowest BCUT2D eigenvalue weighted by atomic mass is 10.1. The van der Waals surface area contributed by atoms with Crippen molar-refractivity contribution in [1.82, 2.24) is 10.6 Å². The van der Waals surface area contributed by atoms with Gasteiger partial charge in [0.15, 0.2) is 5.96 Å². The van der Waals surface area contributed by atoms with Gasteiger partial charge < -0.3 is 15.5 Å². The van der Waals surface area contributed by atoms with Crippen LogP contribution in [-0.4, -0.2) is 38.2 Å². The van der Waals surface area contributed by atoms with Crippen LogP contribution < -0.4 is 15.5 Å². The van der Waals surface area contributed by atoms with E-state index in [0.29, 0.717) is 6.04 Å². The second-order valence-corrected chi connectivity index (χ2v) is 7.63. The Bertz CT molecular complexity index is 646. The predicted molar refractivity (Wildman–Crippen MR) is 113 cm³/mol. The number of aliphatic imine (C=N–C) groups is 1. The van der Waals surface area contributed by atoms with Crippen molar-refractivity contribution in [1.29, 1.82) is 0 Å². The number of thiophene rings is 1. The second-order valence-electron chi connectivity index (χ2n) is 6.71. The van der Waals surface area contributed by atoms with E-state index in [2.05, 4.69) is 70.3 Å². The number of hydrogen-bond donors (Lipinski definition) is 2. The van der Waals surface area contributed by atoms with Gasteiger partial charge in [-0.15, -0.1) is 11.3 Å². The highest BCUT2D eigenvalue weighted by Gasteiger charge is 2.20. The summed E-state index contributed by atoms with van der Waals surface area (Å²) in [5.74, 6) is 0.968. The molecule has 0 saturated carbocycles. The summed E-state index contributed by atoms with van der Waals surface area (Å²) in [5.41, 5.74) is 1.39. The van der Waals surface area contributed by atoms with E-state index in [9.17, 15) is 0 Å². The molecule has 5 heteroatoms. The molecule has 3 rings (SSSR count). The predicted octanol–water partition coefficient (Wildman–Crippen LogP) is 3.90. The Kier molecular flexibility index (Phi) is 7.37. The lowest BCUT2D eigenvalue weighted by Gasteiger charge is -2.33. The molecule has 4 nitrogen and oxygen atoms in total. The summed E-state index contributed by atoms with van der Waals surface area (Å²) < 4.78 is 0. The molecule has 0 radical (unpaired) electrons. The third kappa shape index (κ3) is 5.77. The Hall–Kier alpha value is -2.01. The lowest BCUT2D eigenvalue weighted by molar-refractivity contribution is 0.463. The minimum absolute atomic E-state index is 0.512. The quantitative estimate of drug-likeness (QED) is 0.441. The van der Waals surface area contributed by atoms with Gasteiger partial charge in [-0.2, -0.15) is 0 Å². The summed E-state index contributed by atoms with van der Waals surface area (Å²) in [7, 11) is 0. The molecule has 2 aromatic rings. The van der Waals surface area contributed by atoms with Gasteiger partial charge in [0, 0.05) is 32.2 Å². The zero-order valence-electron chi connectivity index (χ0n) is 15.7. The topological polar surface area (TPSA) is 39.7 Å². The van der Waals surface area contributed by atoms with E-state index in [-0.39, 0.29) is 0 Å². The largest absolute Gasteiger partial charge is 0.363 e. The highest BCUT2D eigenvalue weighted by molar-refractivity contribution is 7.14. The lowest BCUT2D eigenvalue weighted by Crippen LogP contribution is -2.48. The first-order chi connectivity index (χ1) is 12.8. The molecule has 0 spiro atoms. The minimum Gasteiger partial charge on any atom is -0.363 e. The Morgan fingerprint density at radius 3 is 2.65 bits per heavy atom. The molecule has 1 saturated heterocycles. The molecular weight excluding hydrogens is 340 g/mol. The maximum atomic E-state index is 4.77. The second kappa shape index (κ2) is 10.2. The summed E-state index contributed by atoms with van der Waals surface area (Å²) in [6, 6.07) is 15.5. The van der Waals surface area contributed by atoms with Crippen LogP contribution in [0.1, 0.15) is 31.7 Å². The maximum absolute atomic E-state index is 4.77. The standard InChI is InChI=1S/C21H30N4S/c1-2-22-21(23-14-6-10-18-8-4-3-5-9-18)24-19-12-15-25(16-13-19)20-11-7-17-26-20/h3-5,7-9,11,17,19H,2,6,10,12-16H2,1H3,(H2,22,23,24). The molecule has 1 fully saturated rings. The van der Waals surface area contributed by atoms with Crippen molar-refractivity contribution < 1.29 is 0 Å². The highest BCUT2D eigenvalue weighted by Crippen LogP contribution is 2.24. The van der Waals surface area contributed by atoms with Crippen molar-refractivity contribution in [3.63, 3.8) is 0 Å². The molecule has 26 heavy (non-hydrogen) atoms. The fourth-order valence-electron chi connectivity index (χ4n) is 3.33. The molecule has 1 aromatic heterocycles. The van der Waals surface area contributed by atoms with E-state index in [1.165, 1.54) is 10.6 Å². The van der Waals surface area contributed by atoms with E-state index in [0.717, 1.165) is 57.8 Å². The van der Waals surface area contributed by atoms with Crippen LogP contribution in [-0.2, 0) is 6.42 Å². The van der Waals surface area contributed by atoms with Crippen LogP contribution in [0.3, 0.4) is 0 Å². The summed E-state index contributed by atoms with van der Waals surface area (Å²) >= 11 is 1.83. The van der Waals surface area contributed by atoms with Gasteiger partial charge in [-0.25, -0.2) is 0 Å². The first kappa shape index (κ1) is 18.8. The smallest absolute Gasteiger partial charge is 0.191 e. The zero-order valence-corrected chi connectivity index (χ0v) is 16.5. The SMILES string of the molecule is CCNC(=NCCCc1ccccc1)NC1CCN(c2cccs2)CC1. The van der Waals surface area contributed by atoms with Crippen molar-refractivity contribution in [2.75, 3.05) is 31.1 Å². The average molecular weight is 371 g/mol. The molecule has 140 valence electrons. The summed E-state index contributed by atoms with van der Waals surface area (Å²) in [5, 5.41) is 10.6. The first-order valence-corrected chi connectivity index (χ1v) is 10.6. The van der Waals surface area contributed by atoms with E-state index < -0.39 is 0 Å². The number of rotatable bonds is 7. The Morgan fingerprint density at radius 2 is 1.96 bits per heavy atom. The van der Waals surface area contributed by atoms with Crippen LogP contribution >= 0.6 is 11.3 Å². The summed E-state index contributed by atoms with van der Waals surface area (Å²) in [6.45, 7) is 6.12. The van der Waals surface area contributed by atoms with Crippen LogP contribution in [0.4, 0.5) is 5.00 Å². The highest BCUT2D eigenvalue weighted by atomic mass is 32.1. The fraction of sp³-hybridized carbons (Fsp3) is 0.476. The number of aryl methyl sites for hydroxylation is 1. The van der Waals surface area contributed by atoms with Gasteiger partial charge in [0.05, 0.1) is 5.00 Å². The van der Waals surface area contributed by atoms with Gasteiger partial charge in [-0.3, -0.25) is 4.99 Å². The van der Waals surface area contributed by atoms with Crippen molar-refractivity contribution >= 4 is 22.3 Å². The molecule has 2 heterocycles. The molecule has 0 amide bonds. The average Bonchev–Trinajstić information content (AvgIpc) is 3.21. The van der Waals surface area contributed by atoms with Crippen molar-refractivity contribution in [2.45, 2.75) is 38.6 Å². The molecule has 0 bridgehead atoms. The molecule has 1 aromatic carbocycles. The molecule has 0 unspecified atom stereocenters. The fourth-order valence-corrected chi connectivity index (χ4v) is 4.11. The van der Waals surface area contributed by atoms with Crippen molar-refractivity contribution in [2.24, 2.45) is 4.99 Å². The van der Waals surface area contributed by atoms with Crippen LogP contribution in [0.15, 0.2) is 52.8 Å². The number of benzene rings is 1. The first-order valence-electron chi connectivity index (χ1n) is 9.72. The van der Waals surface area contributed by atoms with Crippen LogP contribution in [0, 0.1) is 0 Å². The van der Waals surface area contributed by atoms with E-state index in [4.69, 9.17) is 4.99 Å². The molecule has 2 N–H and O–H groups in total. The Morgan fingerprint density at radius 1 is 1.15 bits per heavy atom. The van der Waals surface area contributed by atoms with Gasteiger partial charge in [-0.05, 0) is 55.7 Å². The molecule has 1 aliphatic rings. The van der Waals surface area contributed by atoms with Gasteiger partial charge in [0.2, 0.25) is 0 Å². The van der Waals surface area contributed by atoms with Crippen LogP contribution in [0.2, 0.25) is 0 Å². The number of piperidine rings is 1. The van der Waals surface area contributed by atoms with E-state index >= 15 is 0 Å². The zero-order chi connectivity index (χ0) is 18.0.